The summed E-state index contributed by atoms with van der Waals surface area (Å²) < 4.78 is 25.1. The summed E-state index contributed by atoms with van der Waals surface area (Å²) in [6.45, 7) is 9.27. The topological polar surface area (TPSA) is 69.7 Å². The summed E-state index contributed by atoms with van der Waals surface area (Å²) in [4.78, 5) is 16.9. The summed E-state index contributed by atoms with van der Waals surface area (Å²) >= 11 is 0. The number of carbonyl (C=O) groups is 1. The molecule has 1 amide bonds. The van der Waals surface area contributed by atoms with Gasteiger partial charge in [0.1, 0.15) is 0 Å². The van der Waals surface area contributed by atoms with Crippen molar-refractivity contribution in [3.63, 3.8) is 0 Å². The van der Waals surface area contributed by atoms with Crippen LogP contribution in [-0.2, 0) is 15.4 Å². The highest BCUT2D eigenvalue weighted by atomic mass is 32.2. The molecule has 1 fully saturated rings. The fraction of sp³-hybridized carbons (Fsp3) is 0.409. The molecule has 1 aliphatic heterocycles. The van der Waals surface area contributed by atoms with Crippen LogP contribution in [-0.4, -0.2) is 51.7 Å². The standard InChI is InChI=1S/C22H29N3O3S/c1-22(2,3)18-7-5-17(6-8-18)21(26)25-15-13-24(14-16-25)20-11-9-19(10-12-20)23-29(4,27)28/h5-12,23H,13-16H2,1-4H3. The van der Waals surface area contributed by atoms with Gasteiger partial charge in [0.25, 0.3) is 5.91 Å². The van der Waals surface area contributed by atoms with Gasteiger partial charge < -0.3 is 9.80 Å². The predicted octanol–water partition coefficient (Wildman–Crippen LogP) is 3.32. The molecular formula is C22H29N3O3S. The Bertz CT molecular complexity index is 954. The Kier molecular flexibility index (Phi) is 5.89. The lowest BCUT2D eigenvalue weighted by molar-refractivity contribution is 0.0746. The largest absolute Gasteiger partial charge is 0.368 e. The normalized spacial score (nSPS) is 15.3. The van der Waals surface area contributed by atoms with E-state index in [9.17, 15) is 13.2 Å². The van der Waals surface area contributed by atoms with Crippen molar-refractivity contribution in [2.24, 2.45) is 0 Å². The zero-order chi connectivity index (χ0) is 21.2. The summed E-state index contributed by atoms with van der Waals surface area (Å²) in [5, 5.41) is 0. The molecule has 156 valence electrons. The highest BCUT2D eigenvalue weighted by molar-refractivity contribution is 7.92. The molecule has 0 aromatic heterocycles. The van der Waals surface area contributed by atoms with Gasteiger partial charge in [0.05, 0.1) is 6.26 Å². The summed E-state index contributed by atoms with van der Waals surface area (Å²) in [5.41, 5.74) is 3.57. The molecular weight excluding hydrogens is 386 g/mol. The maximum Gasteiger partial charge on any atom is 0.253 e. The van der Waals surface area contributed by atoms with Crippen LogP contribution in [0.3, 0.4) is 0 Å². The van der Waals surface area contributed by atoms with E-state index in [1.807, 2.05) is 41.3 Å². The van der Waals surface area contributed by atoms with E-state index in [0.29, 0.717) is 18.8 Å². The summed E-state index contributed by atoms with van der Waals surface area (Å²) in [7, 11) is -3.28. The first kappa shape index (κ1) is 21.2. The second-order valence-corrected chi connectivity index (χ2v) is 10.3. The number of hydrogen-bond acceptors (Lipinski definition) is 4. The molecule has 29 heavy (non-hydrogen) atoms. The van der Waals surface area contributed by atoms with Gasteiger partial charge in [-0.15, -0.1) is 0 Å². The van der Waals surface area contributed by atoms with Gasteiger partial charge in [0.15, 0.2) is 0 Å². The van der Waals surface area contributed by atoms with Gasteiger partial charge in [-0.25, -0.2) is 8.42 Å². The number of piperazine rings is 1. The maximum absolute atomic E-state index is 12.8. The maximum atomic E-state index is 12.8. The minimum atomic E-state index is -3.28. The molecule has 6 nitrogen and oxygen atoms in total. The van der Waals surface area contributed by atoms with Gasteiger partial charge >= 0.3 is 0 Å². The lowest BCUT2D eigenvalue weighted by atomic mass is 9.86. The van der Waals surface area contributed by atoms with Gasteiger partial charge in [-0.1, -0.05) is 32.9 Å². The van der Waals surface area contributed by atoms with Crippen LogP contribution < -0.4 is 9.62 Å². The van der Waals surface area contributed by atoms with Gasteiger partial charge in [0, 0.05) is 43.1 Å². The Morgan fingerprint density at radius 3 is 1.93 bits per heavy atom. The van der Waals surface area contributed by atoms with E-state index in [0.717, 1.165) is 30.6 Å². The van der Waals surface area contributed by atoms with Crippen molar-refractivity contribution >= 4 is 27.3 Å². The Morgan fingerprint density at radius 2 is 1.45 bits per heavy atom. The third-order valence-corrected chi connectivity index (χ3v) is 5.71. The molecule has 0 spiro atoms. The van der Waals surface area contributed by atoms with Crippen LogP contribution in [0.1, 0.15) is 36.7 Å². The van der Waals surface area contributed by atoms with Crippen molar-refractivity contribution in [1.82, 2.24) is 4.90 Å². The van der Waals surface area contributed by atoms with Crippen LogP contribution in [0.25, 0.3) is 0 Å². The summed E-state index contributed by atoms with van der Waals surface area (Å²) in [6, 6.07) is 15.2. The van der Waals surface area contributed by atoms with Crippen LogP contribution in [0.15, 0.2) is 48.5 Å². The molecule has 1 saturated heterocycles. The average Bonchev–Trinajstić information content (AvgIpc) is 2.66. The van der Waals surface area contributed by atoms with Crippen molar-refractivity contribution in [3.05, 3.63) is 59.7 Å². The molecule has 7 heteroatoms. The number of nitrogens with zero attached hydrogens (tertiary/aromatic N) is 2. The van der Waals surface area contributed by atoms with Crippen LogP contribution in [0.2, 0.25) is 0 Å². The molecule has 2 aromatic rings. The second kappa shape index (κ2) is 8.06. The lowest BCUT2D eigenvalue weighted by Crippen LogP contribution is -2.48. The van der Waals surface area contributed by atoms with E-state index in [1.54, 1.807) is 12.1 Å². The Labute approximate surface area is 173 Å². The number of rotatable bonds is 4. The van der Waals surface area contributed by atoms with Crippen LogP contribution in [0.5, 0.6) is 0 Å². The smallest absolute Gasteiger partial charge is 0.253 e. The average molecular weight is 416 g/mol. The zero-order valence-corrected chi connectivity index (χ0v) is 18.3. The Hall–Kier alpha value is -2.54. The number of anilines is 2. The molecule has 0 unspecified atom stereocenters. The van der Waals surface area contributed by atoms with Crippen LogP contribution in [0, 0.1) is 0 Å². The Morgan fingerprint density at radius 1 is 0.897 bits per heavy atom. The molecule has 1 N–H and O–H groups in total. The monoisotopic (exact) mass is 415 g/mol. The van der Waals surface area contributed by atoms with Crippen molar-refractivity contribution in [3.8, 4) is 0 Å². The van der Waals surface area contributed by atoms with Gasteiger partial charge in [0.2, 0.25) is 10.0 Å². The first-order valence-electron chi connectivity index (χ1n) is 9.75. The summed E-state index contributed by atoms with van der Waals surface area (Å²) in [6.07, 6.45) is 1.13. The van der Waals surface area contributed by atoms with Gasteiger partial charge in [-0.3, -0.25) is 9.52 Å². The first-order chi connectivity index (χ1) is 13.5. The molecule has 1 aliphatic rings. The van der Waals surface area contributed by atoms with Gasteiger partial charge in [-0.2, -0.15) is 0 Å². The van der Waals surface area contributed by atoms with Gasteiger partial charge in [-0.05, 0) is 47.4 Å². The zero-order valence-electron chi connectivity index (χ0n) is 17.5. The third-order valence-electron chi connectivity index (χ3n) is 5.10. The molecule has 3 rings (SSSR count). The number of benzene rings is 2. The highest BCUT2D eigenvalue weighted by Crippen LogP contribution is 2.23. The molecule has 0 saturated carbocycles. The number of sulfonamides is 1. The predicted molar refractivity (Wildman–Crippen MR) is 118 cm³/mol. The third kappa shape index (κ3) is 5.50. The fourth-order valence-electron chi connectivity index (χ4n) is 3.42. The second-order valence-electron chi connectivity index (χ2n) is 8.53. The molecule has 0 bridgehead atoms. The molecule has 2 aromatic carbocycles. The molecule has 0 radical (unpaired) electrons. The van der Waals surface area contributed by atoms with Crippen LogP contribution >= 0.6 is 0 Å². The molecule has 0 aliphatic carbocycles. The minimum Gasteiger partial charge on any atom is -0.368 e. The molecule has 0 atom stereocenters. The van der Waals surface area contributed by atoms with E-state index >= 15 is 0 Å². The number of carbonyl (C=O) groups excluding carboxylic acids is 1. The number of hydrogen-bond donors (Lipinski definition) is 1. The number of amides is 1. The van der Waals surface area contributed by atoms with Crippen molar-refractivity contribution in [1.29, 1.82) is 0 Å². The van der Waals surface area contributed by atoms with E-state index in [2.05, 4.69) is 30.4 Å². The van der Waals surface area contributed by atoms with Crippen LogP contribution in [0.4, 0.5) is 11.4 Å². The molecule has 1 heterocycles. The lowest BCUT2D eigenvalue weighted by Gasteiger charge is -2.36. The van der Waals surface area contributed by atoms with E-state index in [4.69, 9.17) is 0 Å². The van der Waals surface area contributed by atoms with E-state index < -0.39 is 10.0 Å². The number of nitrogens with one attached hydrogen (secondary N) is 1. The minimum absolute atomic E-state index is 0.0674. The fourth-order valence-corrected chi connectivity index (χ4v) is 3.98. The summed E-state index contributed by atoms with van der Waals surface area (Å²) in [5.74, 6) is 0.0674. The first-order valence-corrected chi connectivity index (χ1v) is 11.6. The SMILES string of the molecule is CC(C)(C)c1ccc(C(=O)N2CCN(c3ccc(NS(C)(=O)=O)cc3)CC2)cc1. The van der Waals surface area contributed by atoms with Crippen molar-refractivity contribution < 1.29 is 13.2 Å². The van der Waals surface area contributed by atoms with Crippen molar-refractivity contribution in [2.75, 3.05) is 42.1 Å². The van der Waals surface area contributed by atoms with E-state index in [-0.39, 0.29) is 11.3 Å². The van der Waals surface area contributed by atoms with Crippen molar-refractivity contribution in [2.45, 2.75) is 26.2 Å². The highest BCUT2D eigenvalue weighted by Gasteiger charge is 2.23. The van der Waals surface area contributed by atoms with E-state index in [1.165, 1.54) is 5.56 Å². The quantitative estimate of drug-likeness (QED) is 0.832. The Balaban J connectivity index is 1.59.